The zero-order valence-electron chi connectivity index (χ0n) is 23.3. The van der Waals surface area contributed by atoms with E-state index >= 15 is 0 Å². The third-order valence-corrected chi connectivity index (χ3v) is 9.59. The van der Waals surface area contributed by atoms with Crippen LogP contribution in [-0.2, 0) is 24.5 Å². The molecule has 2 fully saturated rings. The van der Waals surface area contributed by atoms with Crippen molar-refractivity contribution in [2.24, 2.45) is 10.9 Å². The molecule has 4 N–H and O–H groups in total. The maximum atomic E-state index is 13.5. The second-order valence-electron chi connectivity index (χ2n) is 12.0. The lowest BCUT2D eigenvalue weighted by molar-refractivity contribution is -0.164. The average Bonchev–Trinajstić information content (AvgIpc) is 3.53. The zero-order valence-corrected chi connectivity index (χ0v) is 25.0. The minimum atomic E-state index is -1.30. The van der Waals surface area contributed by atoms with Crippen LogP contribution in [0.25, 0.3) is 0 Å². The topological polar surface area (TPSA) is 138 Å². The number of amides is 4. The molecule has 0 aromatic heterocycles. The van der Waals surface area contributed by atoms with Crippen molar-refractivity contribution in [3.8, 4) is 0 Å². The quantitative estimate of drug-likeness (QED) is 0.0890. The van der Waals surface area contributed by atoms with Gasteiger partial charge >= 0.3 is 12.0 Å². The average molecular weight is 598 g/mol. The van der Waals surface area contributed by atoms with Crippen molar-refractivity contribution in [3.63, 3.8) is 0 Å². The molecule has 4 amide bonds. The van der Waals surface area contributed by atoms with Crippen LogP contribution >= 0.6 is 24.0 Å². The van der Waals surface area contributed by atoms with Crippen LogP contribution in [0.3, 0.4) is 0 Å². The van der Waals surface area contributed by atoms with Crippen LogP contribution in [0.15, 0.2) is 35.3 Å². The van der Waals surface area contributed by atoms with E-state index in [-0.39, 0.29) is 36.3 Å². The fraction of sp³-hybridized carbons (Fsp3) is 0.552. The van der Waals surface area contributed by atoms with E-state index in [1.807, 2.05) is 11.8 Å². The molecule has 2 saturated heterocycles. The van der Waals surface area contributed by atoms with Gasteiger partial charge in [-0.25, -0.2) is 9.79 Å². The van der Waals surface area contributed by atoms with E-state index in [2.05, 4.69) is 31.4 Å². The Bertz CT molecular complexity index is 1340. The third-order valence-electron chi connectivity index (χ3n) is 7.97. The van der Waals surface area contributed by atoms with E-state index in [4.69, 9.17) is 17.0 Å². The molecule has 1 aliphatic carbocycles. The highest BCUT2D eigenvalue weighted by Gasteiger charge is 2.56. The lowest BCUT2D eigenvalue weighted by Gasteiger charge is -2.37. The van der Waals surface area contributed by atoms with Gasteiger partial charge in [-0.15, -0.1) is 0 Å². The van der Waals surface area contributed by atoms with Crippen molar-refractivity contribution in [1.29, 1.82) is 0 Å². The van der Waals surface area contributed by atoms with Gasteiger partial charge in [-0.05, 0) is 76.0 Å². The van der Waals surface area contributed by atoms with Crippen molar-refractivity contribution >= 4 is 64.3 Å². The second kappa shape index (κ2) is 11.6. The maximum Gasteiger partial charge on any atom is 0.315 e. The Labute approximate surface area is 248 Å². The normalized spacial score (nSPS) is 29.6. The molecule has 6 atom stereocenters. The Balaban J connectivity index is 1.27. The molecule has 1 aromatic rings. The van der Waals surface area contributed by atoms with Crippen LogP contribution in [0, 0.1) is 5.92 Å². The number of benzene rings is 1. The minimum Gasteiger partial charge on any atom is -0.460 e. The molecule has 41 heavy (non-hydrogen) atoms. The van der Waals surface area contributed by atoms with E-state index in [1.165, 1.54) is 0 Å². The Morgan fingerprint density at radius 2 is 2.05 bits per heavy atom. The van der Waals surface area contributed by atoms with Gasteiger partial charge < -0.3 is 26.0 Å². The number of carbonyl (C=O) groups is 4. The van der Waals surface area contributed by atoms with Crippen LogP contribution < -0.4 is 21.3 Å². The number of isothiocyanates is 1. The summed E-state index contributed by atoms with van der Waals surface area (Å²) in [5.41, 5.74) is -0.293. The van der Waals surface area contributed by atoms with Gasteiger partial charge in [0, 0.05) is 28.8 Å². The summed E-state index contributed by atoms with van der Waals surface area (Å²) in [6, 6.07) is 5.11. The van der Waals surface area contributed by atoms with Crippen molar-refractivity contribution in [3.05, 3.63) is 35.9 Å². The Hall–Kier alpha value is -3.21. The molecule has 10 nitrogen and oxygen atoms in total. The number of unbranched alkanes of at least 4 members (excludes halogenated alkanes) is 1. The van der Waals surface area contributed by atoms with E-state index in [0.29, 0.717) is 28.6 Å². The number of carbonyl (C=O) groups excluding carboxylic acids is 4. The first kappa shape index (κ1) is 29.3. The molecule has 5 rings (SSSR count). The van der Waals surface area contributed by atoms with Gasteiger partial charge in [0.05, 0.1) is 29.2 Å². The maximum absolute atomic E-state index is 13.5. The number of fused-ring (bicyclic) bond motifs is 3. The number of aliphatic imine (C=N–C) groups is 1. The first-order valence-corrected chi connectivity index (χ1v) is 15.4. The predicted octanol–water partition coefficient (Wildman–Crippen LogP) is 3.93. The molecule has 3 aliphatic heterocycles. The smallest absolute Gasteiger partial charge is 0.315 e. The van der Waals surface area contributed by atoms with E-state index in [0.717, 1.165) is 25.0 Å². The van der Waals surface area contributed by atoms with Crippen LogP contribution in [0.2, 0.25) is 0 Å². The van der Waals surface area contributed by atoms with E-state index < -0.39 is 28.9 Å². The summed E-state index contributed by atoms with van der Waals surface area (Å²) in [5.74, 6) is -0.876. The van der Waals surface area contributed by atoms with Crippen molar-refractivity contribution < 1.29 is 23.9 Å². The molecule has 0 saturated carbocycles. The minimum absolute atomic E-state index is 0.0953. The Kier molecular flexibility index (Phi) is 8.27. The summed E-state index contributed by atoms with van der Waals surface area (Å²) in [6.07, 6.45) is 6.62. The molecule has 1 spiro atoms. The van der Waals surface area contributed by atoms with Gasteiger partial charge in [0.2, 0.25) is 11.8 Å². The first-order valence-electron chi connectivity index (χ1n) is 13.9. The molecular weight excluding hydrogens is 562 g/mol. The second-order valence-corrected chi connectivity index (χ2v) is 13.4. The lowest BCUT2D eigenvalue weighted by atomic mass is 9.65. The summed E-state index contributed by atoms with van der Waals surface area (Å²) in [7, 11) is 0. The number of ether oxygens (including phenoxy) is 1. The molecule has 3 heterocycles. The van der Waals surface area contributed by atoms with Gasteiger partial charge in [-0.3, -0.25) is 14.4 Å². The number of thiocarbonyl (C=S) groups is 1. The first-order chi connectivity index (χ1) is 19.5. The number of nitrogens with zero attached hydrogens (tertiary/aromatic N) is 1. The van der Waals surface area contributed by atoms with Gasteiger partial charge in [0.15, 0.2) is 0 Å². The molecule has 0 bridgehead atoms. The summed E-state index contributed by atoms with van der Waals surface area (Å²) in [4.78, 5) is 55.5. The molecule has 218 valence electrons. The molecule has 4 aliphatic rings. The summed E-state index contributed by atoms with van der Waals surface area (Å²) < 4.78 is 5.73. The zero-order chi connectivity index (χ0) is 29.4. The van der Waals surface area contributed by atoms with Gasteiger partial charge in [-0.1, -0.05) is 18.6 Å². The van der Waals surface area contributed by atoms with E-state index in [9.17, 15) is 19.2 Å². The van der Waals surface area contributed by atoms with Crippen molar-refractivity contribution in [2.45, 2.75) is 87.3 Å². The number of hydrogen-bond donors (Lipinski definition) is 4. The number of esters is 1. The fourth-order valence-electron chi connectivity index (χ4n) is 6.13. The highest BCUT2D eigenvalue weighted by Crippen LogP contribution is 2.50. The summed E-state index contributed by atoms with van der Waals surface area (Å²) in [5, 5.41) is 14.5. The monoisotopic (exact) mass is 597 g/mol. The number of hydrogen-bond acceptors (Lipinski definition) is 8. The van der Waals surface area contributed by atoms with Crippen LogP contribution in [0.5, 0.6) is 0 Å². The molecule has 1 aromatic carbocycles. The number of nitrogens with one attached hydrogen (secondary N) is 4. The highest BCUT2D eigenvalue weighted by molar-refractivity contribution is 8.00. The van der Waals surface area contributed by atoms with E-state index in [1.54, 1.807) is 51.1 Å². The number of rotatable bonds is 8. The molecule has 0 radical (unpaired) electrons. The largest absolute Gasteiger partial charge is 0.460 e. The van der Waals surface area contributed by atoms with Crippen molar-refractivity contribution in [1.82, 2.24) is 10.6 Å². The molecule has 12 heteroatoms. The summed E-state index contributed by atoms with van der Waals surface area (Å²) in [6.45, 7) is 5.35. The van der Waals surface area contributed by atoms with Crippen LogP contribution in [0.1, 0.15) is 58.4 Å². The standard InChI is InChI=1S/C29H35N5O5S2/c1-28(2,3)39-25(36)19-12-16(30-15-40)10-11-29(19)18-13-17(8-9-20(18)32-26(29)37)31-23(35)7-5-4-6-22-24-21(14-41-22)33-27(38)34-24/h8-11,13,16,19,21-22,24H,4-7,12,14H2,1-3H3,(H,31,35)(H,32,37)(H2,33,34,38)/t16-,19-,21-,22-,24-,29-/m0/s1. The Morgan fingerprint density at radius 1 is 1.24 bits per heavy atom. The fourth-order valence-corrected chi connectivity index (χ4v) is 7.81. The number of anilines is 2. The number of urea groups is 1. The molecular formula is C29H35N5O5S2. The lowest BCUT2D eigenvalue weighted by Crippen LogP contribution is -2.49. The predicted molar refractivity (Wildman–Crippen MR) is 161 cm³/mol. The SMILES string of the molecule is CC(C)(C)OC(=O)[C@@H]1C[C@@H](N=C=S)C=C[C@@]12C(=O)Nc1ccc(NC(=O)CCCC[C@@H]3SC[C@@H]4NC(=O)N[C@@H]43)cc12. The third kappa shape index (κ3) is 6.05. The van der Waals surface area contributed by atoms with Crippen LogP contribution in [0.4, 0.5) is 16.2 Å². The highest BCUT2D eigenvalue weighted by atomic mass is 32.2. The van der Waals surface area contributed by atoms with Crippen LogP contribution in [-0.4, -0.2) is 63.7 Å². The number of thioether (sulfide) groups is 1. The van der Waals surface area contributed by atoms with Gasteiger partial charge in [0.1, 0.15) is 11.0 Å². The van der Waals surface area contributed by atoms with Crippen molar-refractivity contribution in [2.75, 3.05) is 16.4 Å². The van der Waals surface area contributed by atoms with Gasteiger partial charge in [-0.2, -0.15) is 11.8 Å². The Morgan fingerprint density at radius 3 is 2.80 bits per heavy atom. The summed E-state index contributed by atoms with van der Waals surface area (Å²) >= 11 is 6.64. The van der Waals surface area contributed by atoms with Gasteiger partial charge in [0.25, 0.3) is 0 Å². The molecule has 0 unspecified atom stereocenters.